The molecule has 0 saturated carbocycles. The maximum atomic E-state index is 11.9. The summed E-state index contributed by atoms with van der Waals surface area (Å²) in [6.45, 7) is 3.87. The molecule has 18 heavy (non-hydrogen) atoms. The number of carboxylic acids is 1. The molecule has 1 rings (SSSR count). The minimum Gasteiger partial charge on any atom is -0.494 e. The van der Waals surface area contributed by atoms with Crippen LogP contribution in [-0.2, 0) is 4.79 Å². The quantitative estimate of drug-likeness (QED) is 0.715. The number of hydrogen-bond acceptors (Lipinski definition) is 4. The van der Waals surface area contributed by atoms with Gasteiger partial charge in [-0.05, 0) is 38.1 Å². The number of hydrogen-bond donors (Lipinski definition) is 2. The SMILES string of the molecule is CCOc1ccc(C(=O)C(C)NCC(=O)O)cc1. The van der Waals surface area contributed by atoms with Crippen LogP contribution in [0.2, 0.25) is 0 Å². The molecule has 1 unspecified atom stereocenters. The first-order valence-electron chi connectivity index (χ1n) is 5.76. The molecule has 98 valence electrons. The van der Waals surface area contributed by atoms with Crippen LogP contribution in [0.3, 0.4) is 0 Å². The fourth-order valence-corrected chi connectivity index (χ4v) is 1.47. The van der Waals surface area contributed by atoms with Gasteiger partial charge in [0.15, 0.2) is 5.78 Å². The van der Waals surface area contributed by atoms with E-state index in [0.717, 1.165) is 0 Å². The lowest BCUT2D eigenvalue weighted by Crippen LogP contribution is -2.37. The van der Waals surface area contributed by atoms with E-state index in [4.69, 9.17) is 9.84 Å². The summed E-state index contributed by atoms with van der Waals surface area (Å²) in [6.07, 6.45) is 0. The highest BCUT2D eigenvalue weighted by Gasteiger charge is 2.15. The van der Waals surface area contributed by atoms with Crippen LogP contribution in [0.5, 0.6) is 5.75 Å². The summed E-state index contributed by atoms with van der Waals surface area (Å²) in [7, 11) is 0. The first kappa shape index (κ1) is 14.2. The lowest BCUT2D eigenvalue weighted by atomic mass is 10.1. The zero-order valence-corrected chi connectivity index (χ0v) is 10.5. The predicted octanol–water partition coefficient (Wildman–Crippen LogP) is 1.33. The Bertz CT molecular complexity index is 414. The fraction of sp³-hybridized carbons (Fsp3) is 0.385. The third kappa shape index (κ3) is 4.18. The van der Waals surface area contributed by atoms with Gasteiger partial charge in [0.05, 0.1) is 19.2 Å². The molecule has 0 aliphatic carbocycles. The number of carbonyl (C=O) groups excluding carboxylic acids is 1. The van der Waals surface area contributed by atoms with Gasteiger partial charge < -0.3 is 9.84 Å². The number of aliphatic carboxylic acids is 1. The lowest BCUT2D eigenvalue weighted by molar-refractivity contribution is -0.136. The second kappa shape index (κ2) is 6.76. The van der Waals surface area contributed by atoms with Crippen molar-refractivity contribution < 1.29 is 19.4 Å². The number of nitrogens with one attached hydrogen (secondary N) is 1. The number of ether oxygens (including phenoxy) is 1. The van der Waals surface area contributed by atoms with E-state index < -0.39 is 12.0 Å². The molecule has 5 nitrogen and oxygen atoms in total. The maximum Gasteiger partial charge on any atom is 0.317 e. The van der Waals surface area contributed by atoms with Gasteiger partial charge in [-0.3, -0.25) is 14.9 Å². The van der Waals surface area contributed by atoms with E-state index in [0.29, 0.717) is 17.9 Å². The van der Waals surface area contributed by atoms with Crippen LogP contribution in [0.15, 0.2) is 24.3 Å². The Kier molecular flexibility index (Phi) is 5.32. The highest BCUT2D eigenvalue weighted by Crippen LogP contribution is 2.13. The van der Waals surface area contributed by atoms with E-state index >= 15 is 0 Å². The average molecular weight is 251 g/mol. The summed E-state index contributed by atoms with van der Waals surface area (Å²) in [5.41, 5.74) is 0.531. The number of Topliss-reactive ketones (excluding diaryl/α,β-unsaturated/α-hetero) is 1. The van der Waals surface area contributed by atoms with Crippen molar-refractivity contribution in [2.24, 2.45) is 0 Å². The lowest BCUT2D eigenvalue weighted by Gasteiger charge is -2.11. The topological polar surface area (TPSA) is 75.6 Å². The molecule has 5 heteroatoms. The molecular weight excluding hydrogens is 234 g/mol. The van der Waals surface area contributed by atoms with E-state index in [2.05, 4.69) is 5.32 Å². The largest absolute Gasteiger partial charge is 0.494 e. The van der Waals surface area contributed by atoms with Gasteiger partial charge in [-0.1, -0.05) is 0 Å². The molecule has 0 aromatic heterocycles. The Morgan fingerprint density at radius 3 is 2.44 bits per heavy atom. The fourth-order valence-electron chi connectivity index (χ4n) is 1.47. The molecule has 1 aromatic rings. The molecule has 0 radical (unpaired) electrons. The monoisotopic (exact) mass is 251 g/mol. The van der Waals surface area contributed by atoms with Crippen molar-refractivity contribution in [1.82, 2.24) is 5.32 Å². The third-order valence-electron chi connectivity index (χ3n) is 2.40. The third-order valence-corrected chi connectivity index (χ3v) is 2.40. The van der Waals surface area contributed by atoms with Crippen LogP contribution in [0.1, 0.15) is 24.2 Å². The summed E-state index contributed by atoms with van der Waals surface area (Å²) in [4.78, 5) is 22.3. The number of carbonyl (C=O) groups is 2. The first-order valence-corrected chi connectivity index (χ1v) is 5.76. The van der Waals surface area contributed by atoms with Gasteiger partial charge in [0.2, 0.25) is 0 Å². The van der Waals surface area contributed by atoms with E-state index in [1.807, 2.05) is 6.92 Å². The van der Waals surface area contributed by atoms with E-state index in [1.165, 1.54) is 0 Å². The van der Waals surface area contributed by atoms with Crippen LogP contribution < -0.4 is 10.1 Å². The Hall–Kier alpha value is -1.88. The molecule has 0 spiro atoms. The van der Waals surface area contributed by atoms with Crippen LogP contribution in [0, 0.1) is 0 Å². The van der Waals surface area contributed by atoms with Crippen molar-refractivity contribution in [3.05, 3.63) is 29.8 Å². The Morgan fingerprint density at radius 1 is 1.33 bits per heavy atom. The van der Waals surface area contributed by atoms with Gasteiger partial charge in [-0.15, -0.1) is 0 Å². The summed E-state index contributed by atoms with van der Waals surface area (Å²) >= 11 is 0. The minimum atomic E-state index is -0.985. The molecule has 0 fully saturated rings. The van der Waals surface area contributed by atoms with Gasteiger partial charge in [0.25, 0.3) is 0 Å². The molecule has 1 aromatic carbocycles. The molecular formula is C13H17NO4. The normalized spacial score (nSPS) is 11.9. The summed E-state index contributed by atoms with van der Waals surface area (Å²) < 4.78 is 5.28. The summed E-state index contributed by atoms with van der Waals surface area (Å²) in [5, 5.41) is 11.2. The van der Waals surface area contributed by atoms with E-state index in [9.17, 15) is 9.59 Å². The zero-order valence-electron chi connectivity index (χ0n) is 10.5. The first-order chi connectivity index (χ1) is 8.54. The zero-order chi connectivity index (χ0) is 13.5. The van der Waals surface area contributed by atoms with Crippen LogP contribution in [0.25, 0.3) is 0 Å². The molecule has 0 amide bonds. The molecule has 2 N–H and O–H groups in total. The molecule has 0 aliphatic heterocycles. The van der Waals surface area contributed by atoms with Crippen LogP contribution in [-0.4, -0.2) is 36.1 Å². The van der Waals surface area contributed by atoms with Gasteiger partial charge in [0, 0.05) is 5.56 Å². The highest BCUT2D eigenvalue weighted by atomic mass is 16.5. The number of ketones is 1. The second-order valence-corrected chi connectivity index (χ2v) is 3.82. The van der Waals surface area contributed by atoms with Crippen molar-refractivity contribution in [2.75, 3.05) is 13.2 Å². The van der Waals surface area contributed by atoms with Crippen molar-refractivity contribution in [2.45, 2.75) is 19.9 Å². The van der Waals surface area contributed by atoms with Crippen LogP contribution in [0.4, 0.5) is 0 Å². The standard InChI is InChI=1S/C13H17NO4/c1-3-18-11-6-4-10(5-7-11)13(17)9(2)14-8-12(15)16/h4-7,9,14H,3,8H2,1-2H3,(H,15,16). The predicted molar refractivity (Wildman–Crippen MR) is 67.0 cm³/mol. The van der Waals surface area contributed by atoms with E-state index in [1.54, 1.807) is 31.2 Å². The molecule has 1 atom stereocenters. The molecule has 0 aliphatic rings. The second-order valence-electron chi connectivity index (χ2n) is 3.82. The molecule has 0 bridgehead atoms. The van der Waals surface area contributed by atoms with Gasteiger partial charge in [-0.25, -0.2) is 0 Å². The smallest absolute Gasteiger partial charge is 0.317 e. The van der Waals surface area contributed by atoms with Gasteiger partial charge in [0.1, 0.15) is 5.75 Å². The Labute approximate surface area is 106 Å². The number of carboxylic acid groups (broad SMARTS) is 1. The number of benzene rings is 1. The highest BCUT2D eigenvalue weighted by molar-refractivity contribution is 6.00. The maximum absolute atomic E-state index is 11.9. The molecule has 0 saturated heterocycles. The Balaban J connectivity index is 2.62. The number of rotatable bonds is 7. The van der Waals surface area contributed by atoms with Crippen molar-refractivity contribution in [3.63, 3.8) is 0 Å². The molecule has 0 heterocycles. The minimum absolute atomic E-state index is 0.140. The van der Waals surface area contributed by atoms with Crippen molar-refractivity contribution in [1.29, 1.82) is 0 Å². The Morgan fingerprint density at radius 2 is 1.94 bits per heavy atom. The van der Waals surface area contributed by atoms with Crippen LogP contribution >= 0.6 is 0 Å². The average Bonchev–Trinajstić information content (AvgIpc) is 2.36. The van der Waals surface area contributed by atoms with Crippen molar-refractivity contribution >= 4 is 11.8 Å². The summed E-state index contributed by atoms with van der Waals surface area (Å²) in [6, 6.07) is 6.26. The van der Waals surface area contributed by atoms with Gasteiger partial charge in [-0.2, -0.15) is 0 Å². The van der Waals surface area contributed by atoms with E-state index in [-0.39, 0.29) is 12.3 Å². The summed E-state index contributed by atoms with van der Waals surface area (Å²) in [5.74, 6) is -0.416. The van der Waals surface area contributed by atoms with Crippen molar-refractivity contribution in [3.8, 4) is 5.75 Å². The van der Waals surface area contributed by atoms with Gasteiger partial charge >= 0.3 is 5.97 Å².